The summed E-state index contributed by atoms with van der Waals surface area (Å²) in [5, 5.41) is 2.69. The Hall–Kier alpha value is -2.12. The van der Waals surface area contributed by atoms with Gasteiger partial charge >= 0.3 is 0 Å². The Morgan fingerprint density at radius 1 is 1.05 bits per heavy atom. The Morgan fingerprint density at radius 3 is 2.48 bits per heavy atom. The maximum Gasteiger partial charge on any atom is 0.0355 e. The van der Waals surface area contributed by atoms with E-state index in [-0.39, 0.29) is 0 Å². The third-order valence-electron chi connectivity index (χ3n) is 3.65. The molecule has 1 heterocycles. The van der Waals surface area contributed by atoms with Crippen LogP contribution in [0.15, 0.2) is 67.3 Å². The zero-order valence-corrected chi connectivity index (χ0v) is 13.2. The highest BCUT2D eigenvalue weighted by Gasteiger charge is 2.07. The lowest BCUT2D eigenvalue weighted by atomic mass is 10.0. The number of thiophene rings is 1. The van der Waals surface area contributed by atoms with Gasteiger partial charge in [-0.05, 0) is 49.2 Å². The van der Waals surface area contributed by atoms with Crippen LogP contribution in [-0.2, 0) is 0 Å². The van der Waals surface area contributed by atoms with Gasteiger partial charge in [0.2, 0.25) is 0 Å². The second kappa shape index (κ2) is 5.71. The van der Waals surface area contributed by atoms with Crippen LogP contribution in [0.25, 0.3) is 25.7 Å². The van der Waals surface area contributed by atoms with E-state index in [2.05, 4.69) is 62.1 Å². The zero-order chi connectivity index (χ0) is 14.8. The number of allylic oxidation sites excluding steroid dienone is 5. The lowest BCUT2D eigenvalue weighted by Crippen LogP contribution is -1.80. The van der Waals surface area contributed by atoms with E-state index in [1.54, 1.807) is 0 Å². The molecule has 0 bridgehead atoms. The number of fused-ring (bicyclic) bond motifs is 3. The molecule has 1 aromatic heterocycles. The Kier molecular flexibility index (Phi) is 3.76. The van der Waals surface area contributed by atoms with E-state index in [0.29, 0.717) is 0 Å². The van der Waals surface area contributed by atoms with Gasteiger partial charge in [-0.3, -0.25) is 0 Å². The normalized spacial score (nSPS) is 12.6. The molecule has 0 atom stereocenters. The monoisotopic (exact) mass is 290 g/mol. The van der Waals surface area contributed by atoms with E-state index >= 15 is 0 Å². The SMILES string of the molecule is C=C/C(=C\C=C/C)c1ccc2sc3ccc(C)cc3c2c1. The van der Waals surface area contributed by atoms with Crippen LogP contribution in [0.4, 0.5) is 0 Å². The molecule has 0 aliphatic carbocycles. The number of rotatable bonds is 3. The molecule has 0 fully saturated rings. The number of aryl methyl sites for hydroxylation is 1. The van der Waals surface area contributed by atoms with Gasteiger partial charge in [0.05, 0.1) is 0 Å². The zero-order valence-electron chi connectivity index (χ0n) is 12.4. The standard InChI is InChI=1S/C20H18S/c1-4-6-7-15(5-2)16-9-11-20-18(13-16)17-12-14(3)8-10-19(17)21-20/h4-13H,2H2,1,3H3/b6-4-,15-7+. The molecule has 0 spiro atoms. The average molecular weight is 290 g/mol. The fraction of sp³-hybridized carbons (Fsp3) is 0.100. The van der Waals surface area contributed by atoms with Gasteiger partial charge in [-0.15, -0.1) is 11.3 Å². The smallest absolute Gasteiger partial charge is 0.0355 e. The highest BCUT2D eigenvalue weighted by atomic mass is 32.1. The molecule has 0 aliphatic heterocycles. The maximum atomic E-state index is 3.93. The molecule has 21 heavy (non-hydrogen) atoms. The van der Waals surface area contributed by atoms with E-state index in [9.17, 15) is 0 Å². The van der Waals surface area contributed by atoms with Gasteiger partial charge in [-0.25, -0.2) is 0 Å². The van der Waals surface area contributed by atoms with Crippen molar-refractivity contribution in [1.82, 2.24) is 0 Å². The van der Waals surface area contributed by atoms with Crippen molar-refractivity contribution in [2.24, 2.45) is 0 Å². The summed E-state index contributed by atoms with van der Waals surface area (Å²) in [6.07, 6.45) is 8.11. The third kappa shape index (κ3) is 2.57. The summed E-state index contributed by atoms with van der Waals surface area (Å²) in [7, 11) is 0. The van der Waals surface area contributed by atoms with Crippen molar-refractivity contribution in [2.45, 2.75) is 13.8 Å². The quantitative estimate of drug-likeness (QED) is 0.482. The van der Waals surface area contributed by atoms with Gasteiger partial charge in [0, 0.05) is 20.2 Å². The van der Waals surface area contributed by atoms with Gasteiger partial charge in [-0.1, -0.05) is 48.6 Å². The minimum atomic E-state index is 1.15. The number of benzene rings is 2. The molecular formula is C20H18S. The topological polar surface area (TPSA) is 0 Å². The Balaban J connectivity index is 2.25. The largest absolute Gasteiger partial charge is 0.135 e. The summed E-state index contributed by atoms with van der Waals surface area (Å²) >= 11 is 1.86. The first-order valence-corrected chi connectivity index (χ1v) is 7.93. The van der Waals surface area contributed by atoms with Gasteiger partial charge in [-0.2, -0.15) is 0 Å². The maximum absolute atomic E-state index is 3.93. The summed E-state index contributed by atoms with van der Waals surface area (Å²) in [6, 6.07) is 13.4. The minimum absolute atomic E-state index is 1.15. The molecule has 104 valence electrons. The Morgan fingerprint density at radius 2 is 1.76 bits per heavy atom. The van der Waals surface area contributed by atoms with Gasteiger partial charge in [0.15, 0.2) is 0 Å². The molecule has 3 aromatic rings. The van der Waals surface area contributed by atoms with E-state index in [1.807, 2.05) is 30.4 Å². The van der Waals surface area contributed by atoms with Crippen molar-refractivity contribution >= 4 is 37.1 Å². The van der Waals surface area contributed by atoms with Crippen molar-refractivity contribution in [3.63, 3.8) is 0 Å². The van der Waals surface area contributed by atoms with Crippen LogP contribution < -0.4 is 0 Å². The van der Waals surface area contributed by atoms with Crippen LogP contribution in [0.2, 0.25) is 0 Å². The first-order valence-electron chi connectivity index (χ1n) is 7.11. The molecule has 0 nitrogen and oxygen atoms in total. The van der Waals surface area contributed by atoms with Crippen molar-refractivity contribution < 1.29 is 0 Å². The lowest BCUT2D eigenvalue weighted by Gasteiger charge is -2.02. The molecule has 0 aliphatic rings. The summed E-state index contributed by atoms with van der Waals surface area (Å²) in [4.78, 5) is 0. The minimum Gasteiger partial charge on any atom is -0.135 e. The average Bonchev–Trinajstić information content (AvgIpc) is 2.85. The van der Waals surface area contributed by atoms with Gasteiger partial charge in [0.1, 0.15) is 0 Å². The van der Waals surface area contributed by atoms with Crippen LogP contribution in [0, 0.1) is 6.92 Å². The highest BCUT2D eigenvalue weighted by molar-refractivity contribution is 7.25. The van der Waals surface area contributed by atoms with Crippen LogP contribution in [0.3, 0.4) is 0 Å². The van der Waals surface area contributed by atoms with E-state index in [4.69, 9.17) is 0 Å². The number of hydrogen-bond donors (Lipinski definition) is 0. The van der Waals surface area contributed by atoms with Gasteiger partial charge < -0.3 is 0 Å². The Bertz CT molecular complexity index is 875. The van der Waals surface area contributed by atoms with E-state index in [1.165, 1.54) is 31.3 Å². The predicted octanol–water partition coefficient (Wildman–Crippen LogP) is 6.51. The van der Waals surface area contributed by atoms with Gasteiger partial charge in [0.25, 0.3) is 0 Å². The van der Waals surface area contributed by atoms with E-state index in [0.717, 1.165) is 5.57 Å². The molecule has 3 rings (SSSR count). The first-order chi connectivity index (χ1) is 10.2. The molecule has 0 saturated carbocycles. The summed E-state index contributed by atoms with van der Waals surface area (Å²) in [5.74, 6) is 0. The molecule has 1 heteroatoms. The van der Waals surface area contributed by atoms with Crippen molar-refractivity contribution in [1.29, 1.82) is 0 Å². The first kappa shape index (κ1) is 13.8. The molecule has 0 amide bonds. The third-order valence-corrected chi connectivity index (χ3v) is 4.80. The molecule has 0 radical (unpaired) electrons. The number of hydrogen-bond acceptors (Lipinski definition) is 1. The second-order valence-electron chi connectivity index (χ2n) is 5.16. The van der Waals surface area contributed by atoms with E-state index < -0.39 is 0 Å². The second-order valence-corrected chi connectivity index (χ2v) is 6.25. The van der Waals surface area contributed by atoms with Crippen LogP contribution in [0.1, 0.15) is 18.1 Å². The van der Waals surface area contributed by atoms with Crippen LogP contribution in [-0.4, -0.2) is 0 Å². The van der Waals surface area contributed by atoms with Crippen molar-refractivity contribution in [3.05, 3.63) is 78.4 Å². The molecule has 0 unspecified atom stereocenters. The van der Waals surface area contributed by atoms with Crippen molar-refractivity contribution in [3.8, 4) is 0 Å². The van der Waals surface area contributed by atoms with Crippen LogP contribution >= 0.6 is 11.3 Å². The summed E-state index contributed by atoms with van der Waals surface area (Å²) in [5.41, 5.74) is 3.68. The Labute approximate surface area is 129 Å². The van der Waals surface area contributed by atoms with Crippen LogP contribution in [0.5, 0.6) is 0 Å². The summed E-state index contributed by atoms with van der Waals surface area (Å²) < 4.78 is 2.69. The fourth-order valence-electron chi connectivity index (χ4n) is 2.55. The summed E-state index contributed by atoms with van der Waals surface area (Å²) in [6.45, 7) is 8.11. The van der Waals surface area contributed by atoms with Crippen molar-refractivity contribution in [2.75, 3.05) is 0 Å². The predicted molar refractivity (Wildman–Crippen MR) is 97.1 cm³/mol. The fourth-order valence-corrected chi connectivity index (χ4v) is 3.62. The molecule has 2 aromatic carbocycles. The molecule has 0 saturated heterocycles. The molecular weight excluding hydrogens is 272 g/mol. The molecule has 0 N–H and O–H groups in total. The lowest BCUT2D eigenvalue weighted by molar-refractivity contribution is 1.52. The highest BCUT2D eigenvalue weighted by Crippen LogP contribution is 2.36.